The lowest BCUT2D eigenvalue weighted by atomic mass is 9.85. The molecular formula is C23H27N5O4S2. The summed E-state index contributed by atoms with van der Waals surface area (Å²) in [6.07, 6.45) is 7.95. The lowest BCUT2D eigenvalue weighted by Crippen LogP contribution is -2.45. The lowest BCUT2D eigenvalue weighted by Gasteiger charge is -2.31. The van der Waals surface area contributed by atoms with Gasteiger partial charge in [-0.1, -0.05) is 17.6 Å². The van der Waals surface area contributed by atoms with Crippen LogP contribution in [-0.4, -0.2) is 46.8 Å². The van der Waals surface area contributed by atoms with Crippen molar-refractivity contribution >= 4 is 27.3 Å². The molecule has 0 aromatic carbocycles. The summed E-state index contributed by atoms with van der Waals surface area (Å²) in [7, 11) is -3.75. The van der Waals surface area contributed by atoms with Gasteiger partial charge in [0.25, 0.3) is 0 Å². The molecule has 2 aliphatic rings. The highest BCUT2D eigenvalue weighted by Gasteiger charge is 2.35. The minimum absolute atomic E-state index is 0.137. The van der Waals surface area contributed by atoms with E-state index < -0.39 is 10.0 Å². The van der Waals surface area contributed by atoms with Crippen molar-refractivity contribution in [1.82, 2.24) is 24.7 Å². The fourth-order valence-electron chi connectivity index (χ4n) is 4.34. The molecule has 3 aromatic heterocycles. The van der Waals surface area contributed by atoms with Gasteiger partial charge in [-0.25, -0.2) is 8.42 Å². The van der Waals surface area contributed by atoms with Crippen LogP contribution in [0.2, 0.25) is 0 Å². The molecule has 3 aromatic rings. The van der Waals surface area contributed by atoms with Crippen LogP contribution in [-0.2, 0) is 21.4 Å². The van der Waals surface area contributed by atoms with E-state index in [1.807, 2.05) is 12.1 Å². The van der Waals surface area contributed by atoms with E-state index in [1.165, 1.54) is 22.1 Å². The first-order chi connectivity index (χ1) is 16.4. The Hall–Kier alpha value is -2.63. The van der Waals surface area contributed by atoms with Gasteiger partial charge < -0.3 is 9.84 Å². The summed E-state index contributed by atoms with van der Waals surface area (Å²) < 4.78 is 33.8. The SMILES string of the molecule is Cc1sc(-c2noc(C3CCC3)n2)cc1S(=O)(=O)N1CCC[C@@H](C(=O)NCc2cccnc2)C1. The van der Waals surface area contributed by atoms with Gasteiger partial charge >= 0.3 is 0 Å². The van der Waals surface area contributed by atoms with Gasteiger partial charge in [0.2, 0.25) is 27.6 Å². The molecule has 1 saturated carbocycles. The minimum Gasteiger partial charge on any atom is -0.352 e. The van der Waals surface area contributed by atoms with Gasteiger partial charge in [0, 0.05) is 42.8 Å². The third-order valence-corrected chi connectivity index (χ3v) is 9.72. The average molecular weight is 502 g/mol. The van der Waals surface area contributed by atoms with Crippen molar-refractivity contribution in [2.45, 2.75) is 56.4 Å². The van der Waals surface area contributed by atoms with Gasteiger partial charge in [0.1, 0.15) is 0 Å². The maximum absolute atomic E-state index is 13.5. The summed E-state index contributed by atoms with van der Waals surface area (Å²) >= 11 is 1.35. The van der Waals surface area contributed by atoms with Gasteiger partial charge in [-0.15, -0.1) is 11.3 Å². The van der Waals surface area contributed by atoms with Crippen LogP contribution < -0.4 is 5.32 Å². The number of aromatic nitrogens is 3. The van der Waals surface area contributed by atoms with E-state index in [-0.39, 0.29) is 23.3 Å². The molecule has 34 heavy (non-hydrogen) atoms. The van der Waals surface area contributed by atoms with Crippen LogP contribution in [0, 0.1) is 12.8 Å². The molecule has 4 heterocycles. The second kappa shape index (κ2) is 9.55. The molecule has 1 N–H and O–H groups in total. The van der Waals surface area contributed by atoms with E-state index in [9.17, 15) is 13.2 Å². The molecule has 1 aliphatic carbocycles. The van der Waals surface area contributed by atoms with Gasteiger partial charge in [-0.2, -0.15) is 9.29 Å². The van der Waals surface area contributed by atoms with E-state index in [0.717, 1.165) is 18.4 Å². The number of hydrogen-bond acceptors (Lipinski definition) is 8. The highest BCUT2D eigenvalue weighted by atomic mass is 32.2. The fraction of sp³-hybridized carbons (Fsp3) is 0.478. The van der Waals surface area contributed by atoms with Crippen LogP contribution in [0.15, 0.2) is 40.0 Å². The minimum atomic E-state index is -3.75. The largest absolute Gasteiger partial charge is 0.352 e. The highest BCUT2D eigenvalue weighted by molar-refractivity contribution is 7.89. The van der Waals surface area contributed by atoms with E-state index in [2.05, 4.69) is 20.4 Å². The normalized spacial score (nSPS) is 19.6. The maximum Gasteiger partial charge on any atom is 0.244 e. The Bertz CT molecular complexity index is 1270. The van der Waals surface area contributed by atoms with Crippen molar-refractivity contribution in [3.05, 3.63) is 46.9 Å². The Kier molecular flexibility index (Phi) is 6.50. The molecule has 5 rings (SSSR count). The number of pyridine rings is 1. The summed E-state index contributed by atoms with van der Waals surface area (Å²) in [6, 6.07) is 5.34. The number of thiophene rings is 1. The standard InChI is InChI=1S/C23H27N5O4S2/c1-15-20(11-19(33-15)21-26-23(32-27-21)17-6-2-7-17)34(30,31)28-10-4-8-18(14-28)22(29)25-13-16-5-3-9-24-12-16/h3,5,9,11-12,17-18H,2,4,6-8,10,13-14H2,1H3,(H,25,29)/t18-/m1/s1. The van der Waals surface area contributed by atoms with Crippen LogP contribution >= 0.6 is 11.3 Å². The molecule has 1 amide bonds. The average Bonchev–Trinajstić information content (AvgIpc) is 3.44. The van der Waals surface area contributed by atoms with E-state index in [0.29, 0.717) is 53.3 Å². The molecule has 1 saturated heterocycles. The number of carbonyl (C=O) groups is 1. The number of rotatable bonds is 7. The number of amides is 1. The number of hydrogen-bond donors (Lipinski definition) is 1. The molecule has 9 nitrogen and oxygen atoms in total. The summed E-state index contributed by atoms with van der Waals surface area (Å²) in [4.78, 5) is 22.9. The summed E-state index contributed by atoms with van der Waals surface area (Å²) in [5, 5.41) is 6.99. The Labute approximate surface area is 202 Å². The Morgan fingerprint density at radius 2 is 2.15 bits per heavy atom. The van der Waals surface area contributed by atoms with E-state index in [1.54, 1.807) is 25.4 Å². The predicted octanol–water partition coefficient (Wildman–Crippen LogP) is 3.49. The zero-order chi connectivity index (χ0) is 23.7. The van der Waals surface area contributed by atoms with Crippen LogP contribution in [0.1, 0.15) is 54.4 Å². The summed E-state index contributed by atoms with van der Waals surface area (Å²) in [6.45, 7) is 2.72. The molecule has 0 unspecified atom stereocenters. The molecular weight excluding hydrogens is 474 g/mol. The maximum atomic E-state index is 13.5. The molecule has 1 atom stereocenters. The molecule has 0 spiro atoms. The van der Waals surface area contributed by atoms with Gasteiger partial charge in [0.15, 0.2) is 0 Å². The van der Waals surface area contributed by atoms with Crippen LogP contribution in [0.4, 0.5) is 0 Å². The van der Waals surface area contributed by atoms with Crippen molar-refractivity contribution in [2.24, 2.45) is 5.92 Å². The first-order valence-corrected chi connectivity index (χ1v) is 13.8. The van der Waals surface area contributed by atoms with Crippen LogP contribution in [0.5, 0.6) is 0 Å². The molecule has 0 radical (unpaired) electrons. The second-order valence-electron chi connectivity index (χ2n) is 8.90. The summed E-state index contributed by atoms with van der Waals surface area (Å²) in [5.41, 5.74) is 0.902. The third-order valence-electron chi connectivity index (χ3n) is 6.55. The molecule has 1 aliphatic heterocycles. The van der Waals surface area contributed by atoms with Gasteiger partial charge in [-0.05, 0) is 50.3 Å². The van der Waals surface area contributed by atoms with Gasteiger partial charge in [-0.3, -0.25) is 9.78 Å². The molecule has 2 fully saturated rings. The summed E-state index contributed by atoms with van der Waals surface area (Å²) in [5.74, 6) is 0.860. The Morgan fingerprint density at radius 1 is 1.29 bits per heavy atom. The molecule has 11 heteroatoms. The number of aryl methyl sites for hydroxylation is 1. The number of carbonyl (C=O) groups excluding carboxylic acids is 1. The van der Waals surface area contributed by atoms with E-state index >= 15 is 0 Å². The zero-order valence-corrected chi connectivity index (χ0v) is 20.6. The molecule has 0 bridgehead atoms. The third kappa shape index (κ3) is 4.64. The number of nitrogens with zero attached hydrogens (tertiary/aromatic N) is 4. The zero-order valence-electron chi connectivity index (χ0n) is 18.9. The second-order valence-corrected chi connectivity index (χ2v) is 12.1. The predicted molar refractivity (Wildman–Crippen MR) is 127 cm³/mol. The quantitative estimate of drug-likeness (QED) is 0.526. The first-order valence-electron chi connectivity index (χ1n) is 11.5. The number of nitrogens with one attached hydrogen (secondary N) is 1. The van der Waals surface area contributed by atoms with Crippen LogP contribution in [0.3, 0.4) is 0 Å². The lowest BCUT2D eigenvalue weighted by molar-refractivity contribution is -0.126. The van der Waals surface area contributed by atoms with Gasteiger partial charge in [0.05, 0.1) is 15.7 Å². The van der Waals surface area contributed by atoms with E-state index in [4.69, 9.17) is 4.52 Å². The highest BCUT2D eigenvalue weighted by Crippen LogP contribution is 2.38. The smallest absolute Gasteiger partial charge is 0.244 e. The number of sulfonamides is 1. The number of piperidine rings is 1. The fourth-order valence-corrected chi connectivity index (χ4v) is 7.35. The molecule has 180 valence electrons. The van der Waals surface area contributed by atoms with Crippen molar-refractivity contribution in [3.8, 4) is 10.7 Å². The Morgan fingerprint density at radius 3 is 2.88 bits per heavy atom. The van der Waals surface area contributed by atoms with Crippen molar-refractivity contribution in [2.75, 3.05) is 13.1 Å². The van der Waals surface area contributed by atoms with Crippen LogP contribution in [0.25, 0.3) is 10.7 Å². The Balaban J connectivity index is 1.28. The van der Waals surface area contributed by atoms with Crippen molar-refractivity contribution in [3.63, 3.8) is 0 Å². The topological polar surface area (TPSA) is 118 Å². The van der Waals surface area contributed by atoms with Crippen molar-refractivity contribution in [1.29, 1.82) is 0 Å². The first kappa shape index (κ1) is 23.1. The van der Waals surface area contributed by atoms with Crippen molar-refractivity contribution < 1.29 is 17.7 Å². The monoisotopic (exact) mass is 501 g/mol.